The fourth-order valence-corrected chi connectivity index (χ4v) is 2.13. The van der Waals surface area contributed by atoms with Crippen molar-refractivity contribution in [3.8, 4) is 5.75 Å². The third kappa shape index (κ3) is 5.13. The molecule has 0 fully saturated rings. The number of ether oxygens (including phenoxy) is 2. The second kappa shape index (κ2) is 8.08. The zero-order valence-electron chi connectivity index (χ0n) is 12.9. The maximum Gasteiger partial charge on any atom is 0.407 e. The Morgan fingerprint density at radius 3 is 2.36 bits per heavy atom. The number of rotatable bonds is 6. The van der Waals surface area contributed by atoms with Gasteiger partial charge in [0.05, 0.1) is 7.11 Å². The van der Waals surface area contributed by atoms with E-state index in [1.165, 1.54) is 0 Å². The summed E-state index contributed by atoms with van der Waals surface area (Å²) in [4.78, 5) is 11.8. The van der Waals surface area contributed by atoms with E-state index in [-0.39, 0.29) is 6.10 Å². The quantitative estimate of drug-likeness (QED) is 0.887. The number of carbonyl (C=O) groups excluding carboxylic acids is 1. The molecule has 0 bridgehead atoms. The standard InChI is InChI=1S/C18H21NO3/c1-14(12-15-8-10-17(21-2)11-9-15)22-18(20)19-13-16-6-4-3-5-7-16/h3-11,14H,12-13H2,1-2H3,(H,19,20)/t14-/m1/s1. The van der Waals surface area contributed by atoms with Crippen LogP contribution in [0.5, 0.6) is 5.75 Å². The summed E-state index contributed by atoms with van der Waals surface area (Å²) >= 11 is 0. The molecule has 0 unspecified atom stereocenters. The van der Waals surface area contributed by atoms with Crippen LogP contribution >= 0.6 is 0 Å². The maximum absolute atomic E-state index is 11.8. The predicted molar refractivity (Wildman–Crippen MR) is 85.9 cm³/mol. The number of amides is 1. The van der Waals surface area contributed by atoms with Gasteiger partial charge in [0.15, 0.2) is 0 Å². The van der Waals surface area contributed by atoms with E-state index in [2.05, 4.69) is 5.32 Å². The largest absolute Gasteiger partial charge is 0.497 e. The van der Waals surface area contributed by atoms with E-state index < -0.39 is 6.09 Å². The molecule has 22 heavy (non-hydrogen) atoms. The Hall–Kier alpha value is -2.49. The van der Waals surface area contributed by atoms with E-state index in [1.807, 2.05) is 61.5 Å². The van der Waals surface area contributed by atoms with Crippen molar-refractivity contribution >= 4 is 6.09 Å². The number of hydrogen-bond acceptors (Lipinski definition) is 3. The van der Waals surface area contributed by atoms with Gasteiger partial charge in [0.1, 0.15) is 11.9 Å². The summed E-state index contributed by atoms with van der Waals surface area (Å²) < 4.78 is 10.5. The first-order valence-electron chi connectivity index (χ1n) is 7.28. The van der Waals surface area contributed by atoms with Gasteiger partial charge in [-0.1, -0.05) is 42.5 Å². The molecule has 0 aliphatic carbocycles. The van der Waals surface area contributed by atoms with Gasteiger partial charge in [-0.15, -0.1) is 0 Å². The lowest BCUT2D eigenvalue weighted by atomic mass is 10.1. The SMILES string of the molecule is COc1ccc(C[C@@H](C)OC(=O)NCc2ccccc2)cc1. The molecule has 0 aliphatic rings. The van der Waals surface area contributed by atoms with Crippen LogP contribution in [0.2, 0.25) is 0 Å². The van der Waals surface area contributed by atoms with Crippen LogP contribution < -0.4 is 10.1 Å². The van der Waals surface area contributed by atoms with Crippen molar-refractivity contribution in [3.63, 3.8) is 0 Å². The minimum absolute atomic E-state index is 0.191. The topological polar surface area (TPSA) is 47.6 Å². The van der Waals surface area contributed by atoms with E-state index in [0.717, 1.165) is 16.9 Å². The summed E-state index contributed by atoms with van der Waals surface area (Å²) in [5, 5.41) is 2.75. The smallest absolute Gasteiger partial charge is 0.407 e. The predicted octanol–water partition coefficient (Wildman–Crippen LogP) is 3.55. The molecule has 2 rings (SSSR count). The Morgan fingerprint density at radius 1 is 1.05 bits per heavy atom. The van der Waals surface area contributed by atoms with Gasteiger partial charge in [0.25, 0.3) is 0 Å². The monoisotopic (exact) mass is 299 g/mol. The van der Waals surface area contributed by atoms with Gasteiger partial charge < -0.3 is 14.8 Å². The van der Waals surface area contributed by atoms with E-state index in [4.69, 9.17) is 9.47 Å². The lowest BCUT2D eigenvalue weighted by Crippen LogP contribution is -2.28. The van der Waals surface area contributed by atoms with E-state index >= 15 is 0 Å². The molecule has 0 radical (unpaired) electrons. The molecular weight excluding hydrogens is 278 g/mol. The van der Waals surface area contributed by atoms with Crippen molar-refractivity contribution < 1.29 is 14.3 Å². The highest BCUT2D eigenvalue weighted by molar-refractivity contribution is 5.67. The molecule has 2 aromatic rings. The van der Waals surface area contributed by atoms with Crippen molar-refractivity contribution in [2.24, 2.45) is 0 Å². The van der Waals surface area contributed by atoms with E-state index in [0.29, 0.717) is 13.0 Å². The summed E-state index contributed by atoms with van der Waals surface area (Å²) in [5.74, 6) is 0.818. The summed E-state index contributed by atoms with van der Waals surface area (Å²) in [5.41, 5.74) is 2.14. The second-order valence-electron chi connectivity index (χ2n) is 5.11. The van der Waals surface area contributed by atoms with E-state index in [9.17, 15) is 4.79 Å². The first kappa shape index (κ1) is 15.9. The van der Waals surface area contributed by atoms with Crippen LogP contribution in [-0.2, 0) is 17.7 Å². The summed E-state index contributed by atoms with van der Waals surface area (Å²) in [6.07, 6.45) is 0.0805. The maximum atomic E-state index is 11.8. The molecule has 0 heterocycles. The molecule has 1 amide bonds. The van der Waals surface area contributed by atoms with Gasteiger partial charge in [0, 0.05) is 13.0 Å². The third-order valence-electron chi connectivity index (χ3n) is 3.27. The number of hydrogen-bond donors (Lipinski definition) is 1. The number of benzene rings is 2. The van der Waals surface area contributed by atoms with Gasteiger partial charge in [-0.3, -0.25) is 0 Å². The lowest BCUT2D eigenvalue weighted by Gasteiger charge is -2.14. The van der Waals surface area contributed by atoms with Gasteiger partial charge in [-0.2, -0.15) is 0 Å². The van der Waals surface area contributed by atoms with Crippen molar-refractivity contribution in [3.05, 3.63) is 65.7 Å². The first-order chi connectivity index (χ1) is 10.7. The molecule has 0 spiro atoms. The van der Waals surface area contributed by atoms with Crippen LogP contribution in [0.1, 0.15) is 18.1 Å². The van der Waals surface area contributed by atoms with Crippen molar-refractivity contribution in [2.75, 3.05) is 7.11 Å². The molecule has 1 atom stereocenters. The third-order valence-corrected chi connectivity index (χ3v) is 3.27. The molecule has 0 saturated heterocycles. The first-order valence-corrected chi connectivity index (χ1v) is 7.28. The second-order valence-corrected chi connectivity index (χ2v) is 5.11. The summed E-state index contributed by atoms with van der Waals surface area (Å²) in [7, 11) is 1.64. The molecule has 1 N–H and O–H groups in total. The van der Waals surface area contributed by atoms with Crippen molar-refractivity contribution in [2.45, 2.75) is 26.0 Å². The Balaban J connectivity index is 1.75. The van der Waals surface area contributed by atoms with Crippen LogP contribution in [0.15, 0.2) is 54.6 Å². The zero-order chi connectivity index (χ0) is 15.8. The zero-order valence-corrected chi connectivity index (χ0v) is 12.9. The molecule has 2 aromatic carbocycles. The van der Waals surface area contributed by atoms with Crippen molar-refractivity contribution in [1.82, 2.24) is 5.32 Å². The lowest BCUT2D eigenvalue weighted by molar-refractivity contribution is 0.106. The average molecular weight is 299 g/mol. The number of alkyl carbamates (subject to hydrolysis) is 1. The Morgan fingerprint density at radius 2 is 1.73 bits per heavy atom. The molecule has 0 aromatic heterocycles. The normalized spacial score (nSPS) is 11.5. The number of methoxy groups -OCH3 is 1. The number of nitrogens with one attached hydrogen (secondary N) is 1. The molecule has 4 heteroatoms. The fraction of sp³-hybridized carbons (Fsp3) is 0.278. The van der Waals surface area contributed by atoms with Crippen LogP contribution in [0.25, 0.3) is 0 Å². The van der Waals surface area contributed by atoms with Crippen LogP contribution in [0.4, 0.5) is 4.79 Å². The molecule has 4 nitrogen and oxygen atoms in total. The molecule has 116 valence electrons. The van der Waals surface area contributed by atoms with Gasteiger partial charge in [-0.05, 0) is 30.2 Å². The molecule has 0 saturated carbocycles. The van der Waals surface area contributed by atoms with Crippen molar-refractivity contribution in [1.29, 1.82) is 0 Å². The fourth-order valence-electron chi connectivity index (χ4n) is 2.13. The minimum Gasteiger partial charge on any atom is -0.497 e. The van der Waals surface area contributed by atoms with Gasteiger partial charge in [0.2, 0.25) is 0 Å². The van der Waals surface area contributed by atoms with Crippen LogP contribution in [-0.4, -0.2) is 19.3 Å². The molecule has 0 aliphatic heterocycles. The van der Waals surface area contributed by atoms with Gasteiger partial charge >= 0.3 is 6.09 Å². The summed E-state index contributed by atoms with van der Waals surface area (Å²) in [6.45, 7) is 2.35. The summed E-state index contributed by atoms with van der Waals surface area (Å²) in [6, 6.07) is 17.5. The Labute approximate surface area is 131 Å². The highest BCUT2D eigenvalue weighted by Gasteiger charge is 2.10. The average Bonchev–Trinajstić information content (AvgIpc) is 2.54. The van der Waals surface area contributed by atoms with Crippen LogP contribution in [0.3, 0.4) is 0 Å². The van der Waals surface area contributed by atoms with E-state index in [1.54, 1.807) is 7.11 Å². The highest BCUT2D eigenvalue weighted by atomic mass is 16.6. The molecular formula is C18H21NO3. The highest BCUT2D eigenvalue weighted by Crippen LogP contribution is 2.13. The Kier molecular flexibility index (Phi) is 5.83. The number of carbonyl (C=O) groups is 1. The van der Waals surface area contributed by atoms with Crippen LogP contribution in [0, 0.1) is 0 Å². The van der Waals surface area contributed by atoms with Gasteiger partial charge in [-0.25, -0.2) is 4.79 Å². The minimum atomic E-state index is -0.398. The Bertz CT molecular complexity index is 581.